The van der Waals surface area contributed by atoms with E-state index in [-0.39, 0.29) is 0 Å². The van der Waals surface area contributed by atoms with Crippen molar-refractivity contribution in [1.82, 2.24) is 5.32 Å². The molecule has 0 saturated carbocycles. The van der Waals surface area contributed by atoms with Crippen molar-refractivity contribution in [3.63, 3.8) is 0 Å². The number of rotatable bonds is 9. The van der Waals surface area contributed by atoms with Crippen molar-refractivity contribution in [3.8, 4) is 5.75 Å². The molecule has 18 heavy (non-hydrogen) atoms. The van der Waals surface area contributed by atoms with Gasteiger partial charge in [-0.25, -0.2) is 0 Å². The van der Waals surface area contributed by atoms with Gasteiger partial charge in [0.1, 0.15) is 5.75 Å². The van der Waals surface area contributed by atoms with Crippen LogP contribution in [0.2, 0.25) is 0 Å². The molecule has 0 saturated heterocycles. The van der Waals surface area contributed by atoms with Crippen LogP contribution in [-0.2, 0) is 11.2 Å². The highest BCUT2D eigenvalue weighted by Gasteiger charge is 2.02. The molecule has 0 atom stereocenters. The summed E-state index contributed by atoms with van der Waals surface area (Å²) in [4.78, 5) is 0. The van der Waals surface area contributed by atoms with Crippen LogP contribution in [-0.4, -0.2) is 32.9 Å². The molecular formula is C14H22BrNO2. The second-order valence-electron chi connectivity index (χ2n) is 3.90. The normalized spacial score (nSPS) is 10.6. The summed E-state index contributed by atoms with van der Waals surface area (Å²) in [6.45, 7) is 8.20. The molecule has 1 rings (SSSR count). The van der Waals surface area contributed by atoms with Crippen molar-refractivity contribution in [3.05, 3.63) is 28.2 Å². The maximum atomic E-state index is 5.56. The fourth-order valence-corrected chi connectivity index (χ4v) is 2.15. The fraction of sp³-hybridized carbons (Fsp3) is 0.571. The lowest BCUT2D eigenvalue weighted by Crippen LogP contribution is -2.19. The molecule has 102 valence electrons. The SMILES string of the molecule is CCNCCOCCc1ccc(OCC)cc1Br. The first-order chi connectivity index (χ1) is 8.77. The van der Waals surface area contributed by atoms with E-state index in [9.17, 15) is 0 Å². The number of hydrogen-bond donors (Lipinski definition) is 1. The Labute approximate surface area is 118 Å². The van der Waals surface area contributed by atoms with Crippen LogP contribution in [0.3, 0.4) is 0 Å². The molecule has 0 aliphatic carbocycles. The van der Waals surface area contributed by atoms with Crippen molar-refractivity contribution in [2.45, 2.75) is 20.3 Å². The van der Waals surface area contributed by atoms with Gasteiger partial charge in [0.15, 0.2) is 0 Å². The summed E-state index contributed by atoms with van der Waals surface area (Å²) < 4.78 is 12.1. The molecule has 0 bridgehead atoms. The van der Waals surface area contributed by atoms with E-state index in [1.807, 2.05) is 19.1 Å². The van der Waals surface area contributed by atoms with Crippen LogP contribution in [0.25, 0.3) is 0 Å². The molecule has 0 fully saturated rings. The molecule has 0 aromatic heterocycles. The Kier molecular flexibility index (Phi) is 8.05. The van der Waals surface area contributed by atoms with Crippen LogP contribution in [0.4, 0.5) is 0 Å². The smallest absolute Gasteiger partial charge is 0.120 e. The molecule has 0 unspecified atom stereocenters. The Bertz CT molecular complexity index is 345. The summed E-state index contributed by atoms with van der Waals surface area (Å²) in [6, 6.07) is 6.10. The molecule has 4 heteroatoms. The van der Waals surface area contributed by atoms with Crippen molar-refractivity contribution in [2.24, 2.45) is 0 Å². The van der Waals surface area contributed by atoms with Crippen molar-refractivity contribution in [2.75, 3.05) is 32.9 Å². The topological polar surface area (TPSA) is 30.5 Å². The number of ether oxygens (including phenoxy) is 2. The molecule has 1 aromatic carbocycles. The molecular weight excluding hydrogens is 294 g/mol. The summed E-state index contributed by atoms with van der Waals surface area (Å²) in [5.41, 5.74) is 1.25. The number of halogens is 1. The van der Waals surface area contributed by atoms with Gasteiger partial charge in [-0.15, -0.1) is 0 Å². The first kappa shape index (κ1) is 15.5. The molecule has 0 radical (unpaired) electrons. The minimum absolute atomic E-state index is 0.694. The molecule has 0 aliphatic heterocycles. The third kappa shape index (κ3) is 5.85. The van der Waals surface area contributed by atoms with Gasteiger partial charge in [0.25, 0.3) is 0 Å². The van der Waals surface area contributed by atoms with E-state index in [1.165, 1.54) is 5.56 Å². The monoisotopic (exact) mass is 315 g/mol. The molecule has 0 amide bonds. The predicted octanol–water partition coefficient (Wildman–Crippen LogP) is 3.02. The Hall–Kier alpha value is -0.580. The number of likely N-dealkylation sites (N-methyl/N-ethyl adjacent to an activating group) is 1. The predicted molar refractivity (Wildman–Crippen MR) is 78.4 cm³/mol. The van der Waals surface area contributed by atoms with Gasteiger partial charge < -0.3 is 14.8 Å². The van der Waals surface area contributed by atoms with E-state index >= 15 is 0 Å². The van der Waals surface area contributed by atoms with Crippen LogP contribution in [0.15, 0.2) is 22.7 Å². The Balaban J connectivity index is 2.29. The van der Waals surface area contributed by atoms with Crippen molar-refractivity contribution < 1.29 is 9.47 Å². The highest BCUT2D eigenvalue weighted by Crippen LogP contribution is 2.23. The lowest BCUT2D eigenvalue weighted by Gasteiger charge is -2.09. The Morgan fingerprint density at radius 2 is 2.06 bits per heavy atom. The van der Waals surface area contributed by atoms with Gasteiger partial charge in [-0.2, -0.15) is 0 Å². The van der Waals surface area contributed by atoms with Crippen molar-refractivity contribution >= 4 is 15.9 Å². The maximum absolute atomic E-state index is 5.56. The van der Waals surface area contributed by atoms with Gasteiger partial charge >= 0.3 is 0 Å². The van der Waals surface area contributed by atoms with Crippen LogP contribution >= 0.6 is 15.9 Å². The highest BCUT2D eigenvalue weighted by atomic mass is 79.9. The zero-order valence-corrected chi connectivity index (χ0v) is 12.8. The van der Waals surface area contributed by atoms with Crippen LogP contribution < -0.4 is 10.1 Å². The summed E-state index contributed by atoms with van der Waals surface area (Å²) in [7, 11) is 0. The Morgan fingerprint density at radius 1 is 1.22 bits per heavy atom. The van der Waals surface area contributed by atoms with E-state index in [4.69, 9.17) is 9.47 Å². The van der Waals surface area contributed by atoms with E-state index in [1.54, 1.807) is 0 Å². The third-order valence-electron chi connectivity index (χ3n) is 2.52. The number of benzene rings is 1. The molecule has 0 spiro atoms. The second kappa shape index (κ2) is 9.36. The minimum atomic E-state index is 0.694. The van der Waals surface area contributed by atoms with Gasteiger partial charge in [0, 0.05) is 11.0 Å². The van der Waals surface area contributed by atoms with Crippen LogP contribution in [0.5, 0.6) is 5.75 Å². The lowest BCUT2D eigenvalue weighted by atomic mass is 10.1. The summed E-state index contributed by atoms with van der Waals surface area (Å²) in [6.07, 6.45) is 0.916. The molecule has 1 N–H and O–H groups in total. The molecule has 0 aliphatic rings. The zero-order valence-electron chi connectivity index (χ0n) is 11.2. The van der Waals surface area contributed by atoms with Gasteiger partial charge in [-0.05, 0) is 37.6 Å². The minimum Gasteiger partial charge on any atom is -0.494 e. The Morgan fingerprint density at radius 3 is 2.72 bits per heavy atom. The van der Waals surface area contributed by atoms with Gasteiger partial charge in [-0.1, -0.05) is 28.9 Å². The fourth-order valence-electron chi connectivity index (χ4n) is 1.59. The first-order valence-electron chi connectivity index (χ1n) is 6.47. The highest BCUT2D eigenvalue weighted by molar-refractivity contribution is 9.10. The van der Waals surface area contributed by atoms with Gasteiger partial charge in [0.05, 0.1) is 19.8 Å². The zero-order chi connectivity index (χ0) is 13.2. The van der Waals surface area contributed by atoms with Crippen LogP contribution in [0, 0.1) is 0 Å². The van der Waals surface area contributed by atoms with E-state index in [0.717, 1.165) is 42.9 Å². The van der Waals surface area contributed by atoms with Gasteiger partial charge in [0.2, 0.25) is 0 Å². The average Bonchev–Trinajstić information content (AvgIpc) is 2.36. The maximum Gasteiger partial charge on any atom is 0.120 e. The van der Waals surface area contributed by atoms with E-state index in [2.05, 4.69) is 34.2 Å². The number of nitrogens with one attached hydrogen (secondary N) is 1. The average molecular weight is 316 g/mol. The summed E-state index contributed by atoms with van der Waals surface area (Å²) in [5, 5.41) is 3.23. The molecule has 3 nitrogen and oxygen atoms in total. The standard InChI is InChI=1S/C14H22BrNO2/c1-3-16-8-10-17-9-7-12-5-6-13(18-4-2)11-14(12)15/h5-6,11,16H,3-4,7-10H2,1-2H3. The largest absolute Gasteiger partial charge is 0.494 e. The first-order valence-corrected chi connectivity index (χ1v) is 7.27. The summed E-state index contributed by atoms with van der Waals surface area (Å²) >= 11 is 3.56. The second-order valence-corrected chi connectivity index (χ2v) is 4.76. The molecule has 1 aromatic rings. The third-order valence-corrected chi connectivity index (χ3v) is 3.26. The lowest BCUT2D eigenvalue weighted by molar-refractivity contribution is 0.139. The quantitative estimate of drug-likeness (QED) is 0.711. The number of hydrogen-bond acceptors (Lipinski definition) is 3. The van der Waals surface area contributed by atoms with Crippen molar-refractivity contribution in [1.29, 1.82) is 0 Å². The van der Waals surface area contributed by atoms with Gasteiger partial charge in [-0.3, -0.25) is 0 Å². The summed E-state index contributed by atoms with van der Waals surface area (Å²) in [5.74, 6) is 0.904. The van der Waals surface area contributed by atoms with E-state index in [0.29, 0.717) is 6.61 Å². The van der Waals surface area contributed by atoms with Crippen LogP contribution in [0.1, 0.15) is 19.4 Å². The molecule has 0 heterocycles. The van der Waals surface area contributed by atoms with E-state index < -0.39 is 0 Å².